The molecule has 5 heteroatoms. The van der Waals surface area contributed by atoms with Crippen molar-refractivity contribution in [3.8, 4) is 0 Å². The Morgan fingerprint density at radius 3 is 1.88 bits per heavy atom. The molecule has 0 aromatic carbocycles. The van der Waals surface area contributed by atoms with Crippen LogP contribution in [-0.2, 0) is 9.47 Å². The van der Waals surface area contributed by atoms with Crippen molar-refractivity contribution in [3.05, 3.63) is 21.4 Å². The van der Waals surface area contributed by atoms with E-state index in [1.165, 1.54) is 11.3 Å². The molecule has 0 saturated heterocycles. The highest BCUT2D eigenvalue weighted by molar-refractivity contribution is 7.14. The summed E-state index contributed by atoms with van der Waals surface area (Å²) in [4.78, 5) is 26.0. The number of rotatable bonds is 9. The molecule has 0 bridgehead atoms. The molecule has 0 unspecified atom stereocenters. The standard InChI is InChI=1S/C19H30O4S/c1-12(2)7-9-22-18(20)15-11-16(14(5)6)24-17(15)19(21)23-10-8-13(3)4/h11-14H,7-10H2,1-6H3. The maximum absolute atomic E-state index is 12.3. The minimum atomic E-state index is -0.436. The van der Waals surface area contributed by atoms with Gasteiger partial charge in [0.2, 0.25) is 0 Å². The summed E-state index contributed by atoms with van der Waals surface area (Å²) in [6.07, 6.45) is 1.61. The number of thiophene rings is 1. The monoisotopic (exact) mass is 354 g/mol. The third-order valence-electron chi connectivity index (χ3n) is 3.58. The second-order valence-corrected chi connectivity index (χ2v) is 8.27. The van der Waals surface area contributed by atoms with Gasteiger partial charge < -0.3 is 9.47 Å². The molecule has 0 N–H and O–H groups in total. The Bertz CT molecular complexity index is 500. The van der Waals surface area contributed by atoms with Crippen LogP contribution in [0.4, 0.5) is 0 Å². The Hall–Kier alpha value is -1.36. The third kappa shape index (κ3) is 6.63. The minimum Gasteiger partial charge on any atom is -0.462 e. The van der Waals surface area contributed by atoms with Crippen LogP contribution in [0.3, 0.4) is 0 Å². The van der Waals surface area contributed by atoms with Crippen LogP contribution in [0, 0.1) is 11.8 Å². The van der Waals surface area contributed by atoms with Crippen molar-refractivity contribution in [1.82, 2.24) is 0 Å². The van der Waals surface area contributed by atoms with Crippen molar-refractivity contribution in [2.75, 3.05) is 13.2 Å². The van der Waals surface area contributed by atoms with Gasteiger partial charge in [-0.25, -0.2) is 9.59 Å². The van der Waals surface area contributed by atoms with E-state index in [4.69, 9.17) is 9.47 Å². The Kier molecular flexibility index (Phi) is 8.46. The van der Waals surface area contributed by atoms with Crippen molar-refractivity contribution in [2.45, 2.75) is 60.3 Å². The zero-order chi connectivity index (χ0) is 18.3. The number of carbonyl (C=O) groups excluding carboxylic acids is 2. The Morgan fingerprint density at radius 1 is 0.917 bits per heavy atom. The van der Waals surface area contributed by atoms with E-state index in [0.717, 1.165) is 17.7 Å². The van der Waals surface area contributed by atoms with Crippen molar-refractivity contribution in [2.24, 2.45) is 11.8 Å². The lowest BCUT2D eigenvalue weighted by molar-refractivity contribution is 0.0445. The van der Waals surface area contributed by atoms with Gasteiger partial charge in [0.05, 0.1) is 18.8 Å². The molecule has 0 spiro atoms. The van der Waals surface area contributed by atoms with Crippen LogP contribution in [0.1, 0.15) is 85.2 Å². The SMILES string of the molecule is CC(C)CCOC(=O)c1cc(C(C)C)sc1C(=O)OCCC(C)C. The highest BCUT2D eigenvalue weighted by Gasteiger charge is 2.24. The van der Waals surface area contributed by atoms with Crippen LogP contribution in [0.2, 0.25) is 0 Å². The molecule has 0 atom stereocenters. The van der Waals surface area contributed by atoms with Crippen LogP contribution in [0.25, 0.3) is 0 Å². The third-order valence-corrected chi connectivity index (χ3v) is 5.00. The van der Waals surface area contributed by atoms with Crippen LogP contribution in [0.15, 0.2) is 6.07 Å². The van der Waals surface area contributed by atoms with Crippen molar-refractivity contribution in [3.63, 3.8) is 0 Å². The van der Waals surface area contributed by atoms with Gasteiger partial charge in [-0.3, -0.25) is 0 Å². The average molecular weight is 355 g/mol. The minimum absolute atomic E-state index is 0.245. The first-order chi connectivity index (χ1) is 11.2. The summed E-state index contributed by atoms with van der Waals surface area (Å²) < 4.78 is 10.7. The highest BCUT2D eigenvalue weighted by Crippen LogP contribution is 2.30. The molecule has 0 aliphatic heterocycles. The molecule has 24 heavy (non-hydrogen) atoms. The number of hydrogen-bond donors (Lipinski definition) is 0. The molecule has 0 saturated carbocycles. The molecule has 0 amide bonds. The quantitative estimate of drug-likeness (QED) is 0.566. The highest BCUT2D eigenvalue weighted by atomic mass is 32.1. The smallest absolute Gasteiger partial charge is 0.349 e. The molecule has 0 aliphatic rings. The van der Waals surface area contributed by atoms with Crippen LogP contribution < -0.4 is 0 Å². The van der Waals surface area contributed by atoms with Gasteiger partial charge in [-0.2, -0.15) is 0 Å². The summed E-state index contributed by atoms with van der Waals surface area (Å²) in [6, 6.07) is 1.77. The van der Waals surface area contributed by atoms with Crippen molar-refractivity contribution < 1.29 is 19.1 Å². The van der Waals surface area contributed by atoms with E-state index in [9.17, 15) is 9.59 Å². The average Bonchev–Trinajstić information content (AvgIpc) is 2.91. The topological polar surface area (TPSA) is 52.6 Å². The maximum atomic E-state index is 12.3. The van der Waals surface area contributed by atoms with Gasteiger partial charge in [-0.05, 0) is 36.7 Å². The summed E-state index contributed by atoms with van der Waals surface area (Å²) >= 11 is 1.33. The second kappa shape index (κ2) is 9.82. The molecule has 136 valence electrons. The summed E-state index contributed by atoms with van der Waals surface area (Å²) in [5.41, 5.74) is 0.335. The van der Waals surface area contributed by atoms with Gasteiger partial charge in [0.25, 0.3) is 0 Å². The molecule has 0 fully saturated rings. The fraction of sp³-hybridized carbons (Fsp3) is 0.684. The fourth-order valence-electron chi connectivity index (χ4n) is 1.92. The lowest BCUT2D eigenvalue weighted by Gasteiger charge is -2.08. The van der Waals surface area contributed by atoms with Gasteiger partial charge in [-0.1, -0.05) is 41.5 Å². The van der Waals surface area contributed by atoms with Crippen LogP contribution in [-0.4, -0.2) is 25.2 Å². The second-order valence-electron chi connectivity index (χ2n) is 7.18. The van der Waals surface area contributed by atoms with Crippen molar-refractivity contribution in [1.29, 1.82) is 0 Å². The Balaban J connectivity index is 2.85. The van der Waals surface area contributed by atoms with Gasteiger partial charge in [0.1, 0.15) is 4.88 Å². The van der Waals surface area contributed by atoms with E-state index in [1.807, 2.05) is 13.8 Å². The van der Waals surface area contributed by atoms with Gasteiger partial charge in [0.15, 0.2) is 0 Å². The predicted molar refractivity (Wildman–Crippen MR) is 97.9 cm³/mol. The molecule has 1 aromatic rings. The Labute approximate surface area is 149 Å². The number of carbonyl (C=O) groups is 2. The van der Waals surface area contributed by atoms with E-state index in [1.54, 1.807) is 6.07 Å². The Morgan fingerprint density at radius 2 is 1.42 bits per heavy atom. The lowest BCUT2D eigenvalue weighted by atomic mass is 10.1. The predicted octanol–water partition coefficient (Wildman–Crippen LogP) is 5.28. The molecule has 4 nitrogen and oxygen atoms in total. The van der Waals surface area contributed by atoms with Crippen LogP contribution >= 0.6 is 11.3 Å². The number of ether oxygens (including phenoxy) is 2. The molecular formula is C19H30O4S. The van der Waals surface area contributed by atoms with Gasteiger partial charge in [0, 0.05) is 4.88 Å². The first-order valence-corrected chi connectivity index (χ1v) is 9.52. The van der Waals surface area contributed by atoms with E-state index < -0.39 is 11.9 Å². The summed E-state index contributed by atoms with van der Waals surface area (Å²) in [5, 5.41) is 0. The fourth-order valence-corrected chi connectivity index (χ4v) is 2.96. The van der Waals surface area contributed by atoms with Crippen molar-refractivity contribution >= 4 is 23.3 Å². The van der Waals surface area contributed by atoms with E-state index in [2.05, 4.69) is 27.7 Å². The van der Waals surface area contributed by atoms with E-state index >= 15 is 0 Å². The normalized spacial score (nSPS) is 11.4. The first kappa shape index (κ1) is 20.7. The molecular weight excluding hydrogens is 324 g/mol. The lowest BCUT2D eigenvalue weighted by Crippen LogP contribution is -2.13. The van der Waals surface area contributed by atoms with Gasteiger partial charge in [-0.15, -0.1) is 11.3 Å². The summed E-state index contributed by atoms with van der Waals surface area (Å²) in [5.74, 6) is 0.312. The maximum Gasteiger partial charge on any atom is 0.349 e. The van der Waals surface area contributed by atoms with E-state index in [0.29, 0.717) is 35.5 Å². The largest absolute Gasteiger partial charge is 0.462 e. The van der Waals surface area contributed by atoms with Gasteiger partial charge >= 0.3 is 11.9 Å². The molecule has 0 radical (unpaired) electrons. The zero-order valence-corrected chi connectivity index (χ0v) is 16.5. The molecule has 1 aromatic heterocycles. The molecule has 0 aliphatic carbocycles. The van der Waals surface area contributed by atoms with Crippen LogP contribution in [0.5, 0.6) is 0 Å². The molecule has 1 rings (SSSR count). The zero-order valence-electron chi connectivity index (χ0n) is 15.7. The molecule has 1 heterocycles. The summed E-state index contributed by atoms with van der Waals surface area (Å²) in [6.45, 7) is 13.1. The van der Waals surface area contributed by atoms with E-state index in [-0.39, 0.29) is 5.92 Å². The number of esters is 2. The number of hydrogen-bond acceptors (Lipinski definition) is 5. The summed E-state index contributed by atoms with van der Waals surface area (Å²) in [7, 11) is 0. The first-order valence-electron chi connectivity index (χ1n) is 8.70.